The van der Waals surface area contributed by atoms with Crippen molar-refractivity contribution in [2.24, 2.45) is 11.8 Å². The second kappa shape index (κ2) is 12.1. The Balaban J connectivity index is 1.06. The number of fused-ring (bicyclic) bond motifs is 3. The Morgan fingerprint density at radius 2 is 1.78 bits per heavy atom. The van der Waals surface area contributed by atoms with E-state index in [1.165, 1.54) is 45.2 Å². The average molecular weight is 665 g/mol. The highest BCUT2D eigenvalue weighted by atomic mass is 16.2. The fraction of sp³-hybridized carbons (Fsp3) is 0.641. The molecule has 6 heterocycles. The van der Waals surface area contributed by atoms with Gasteiger partial charge in [-0.05, 0) is 108 Å². The van der Waals surface area contributed by atoms with E-state index < -0.39 is 5.41 Å². The van der Waals surface area contributed by atoms with Gasteiger partial charge in [0.05, 0.1) is 28.9 Å². The first-order valence-electron chi connectivity index (χ1n) is 19.2. The van der Waals surface area contributed by atoms with Gasteiger partial charge in [0.15, 0.2) is 5.82 Å². The summed E-state index contributed by atoms with van der Waals surface area (Å²) in [4.78, 5) is 45.4. The van der Waals surface area contributed by atoms with Crippen LogP contribution in [0.1, 0.15) is 90.2 Å². The standard InChI is InChI=1S/C39H52N8O2/c1-24(2)46-23-41-33-20-32(43-36(35(33)46)42-27-8-9-27)26-7-10-31-34(17-26)47(29-18-28(19-29)44-13-5-4-6-14-44)38(49)39(31)11-15-45(16-12-39)37(48)30-22-40-21-25(30)3/h7,10,17,20,23-25,27-30,40H,4-6,8-9,11-16,18-19,21-22H2,1-3H3,(H,42,43). The molecule has 3 saturated heterocycles. The number of anilines is 2. The van der Waals surface area contributed by atoms with Gasteiger partial charge in [0, 0.05) is 55.1 Å². The number of amides is 2. The molecule has 2 aliphatic carbocycles. The molecular weight excluding hydrogens is 612 g/mol. The van der Waals surface area contributed by atoms with Crippen molar-refractivity contribution >= 4 is 34.4 Å². The summed E-state index contributed by atoms with van der Waals surface area (Å²) in [7, 11) is 0. The molecular formula is C39H52N8O2. The van der Waals surface area contributed by atoms with Crippen LogP contribution in [0.3, 0.4) is 0 Å². The maximum atomic E-state index is 14.9. The van der Waals surface area contributed by atoms with Crippen LogP contribution in [0.15, 0.2) is 30.6 Å². The van der Waals surface area contributed by atoms with Crippen LogP contribution in [0.25, 0.3) is 22.3 Å². The van der Waals surface area contributed by atoms with E-state index in [-0.39, 0.29) is 29.8 Å². The molecule has 1 aromatic carbocycles. The van der Waals surface area contributed by atoms with Crippen LogP contribution in [0.2, 0.25) is 0 Å². The lowest BCUT2D eigenvalue weighted by molar-refractivity contribution is -0.139. The predicted molar refractivity (Wildman–Crippen MR) is 193 cm³/mol. The summed E-state index contributed by atoms with van der Waals surface area (Å²) in [6, 6.07) is 10.3. The van der Waals surface area contributed by atoms with Crippen molar-refractivity contribution in [2.75, 3.05) is 49.5 Å². The van der Waals surface area contributed by atoms with Gasteiger partial charge in [0.2, 0.25) is 11.8 Å². The number of benzene rings is 1. The van der Waals surface area contributed by atoms with E-state index in [4.69, 9.17) is 9.97 Å². The summed E-state index contributed by atoms with van der Waals surface area (Å²) in [5.74, 6) is 1.80. The number of carbonyl (C=O) groups excluding carboxylic acids is 2. The van der Waals surface area contributed by atoms with Crippen LogP contribution >= 0.6 is 0 Å². The lowest BCUT2D eigenvalue weighted by atomic mass is 9.73. The Hall–Kier alpha value is -3.50. The van der Waals surface area contributed by atoms with Crippen LogP contribution < -0.4 is 15.5 Å². The zero-order chi connectivity index (χ0) is 33.4. The molecule has 49 heavy (non-hydrogen) atoms. The summed E-state index contributed by atoms with van der Waals surface area (Å²) < 4.78 is 2.21. The van der Waals surface area contributed by atoms with E-state index in [1.807, 2.05) is 11.2 Å². The van der Waals surface area contributed by atoms with E-state index in [9.17, 15) is 9.59 Å². The minimum atomic E-state index is -0.577. The van der Waals surface area contributed by atoms with Crippen molar-refractivity contribution in [1.82, 2.24) is 29.7 Å². The van der Waals surface area contributed by atoms with Gasteiger partial charge in [-0.2, -0.15) is 0 Å². The number of aromatic nitrogens is 3. The first-order valence-corrected chi connectivity index (χ1v) is 19.2. The third-order valence-electron chi connectivity index (χ3n) is 12.8. The average Bonchev–Trinajstić information content (AvgIpc) is 3.54. The lowest BCUT2D eigenvalue weighted by Gasteiger charge is -2.48. The normalized spacial score (nSPS) is 28.4. The second-order valence-electron chi connectivity index (χ2n) is 16.3. The van der Waals surface area contributed by atoms with Gasteiger partial charge >= 0.3 is 0 Å². The van der Waals surface area contributed by atoms with E-state index in [1.54, 1.807) is 0 Å². The van der Waals surface area contributed by atoms with Gasteiger partial charge in [-0.3, -0.25) is 9.59 Å². The Labute approximate surface area is 290 Å². The van der Waals surface area contributed by atoms with Crippen molar-refractivity contribution in [3.8, 4) is 11.3 Å². The third-order valence-corrected chi connectivity index (χ3v) is 12.8. The first-order chi connectivity index (χ1) is 23.8. The molecule has 6 aliphatic rings. The fourth-order valence-corrected chi connectivity index (χ4v) is 9.55. The van der Waals surface area contributed by atoms with Crippen LogP contribution in [0, 0.1) is 11.8 Å². The van der Waals surface area contributed by atoms with Crippen molar-refractivity contribution in [3.05, 3.63) is 36.2 Å². The van der Waals surface area contributed by atoms with Crippen LogP contribution in [0.5, 0.6) is 0 Å². The molecule has 0 bridgehead atoms. The lowest BCUT2D eigenvalue weighted by Crippen LogP contribution is -2.58. The summed E-state index contributed by atoms with van der Waals surface area (Å²) in [6.07, 6.45) is 11.6. The summed E-state index contributed by atoms with van der Waals surface area (Å²) in [5.41, 5.74) is 5.54. The minimum Gasteiger partial charge on any atom is -0.366 e. The molecule has 5 fully saturated rings. The molecule has 260 valence electrons. The zero-order valence-corrected chi connectivity index (χ0v) is 29.5. The van der Waals surface area contributed by atoms with Crippen molar-refractivity contribution in [2.45, 2.75) is 108 Å². The molecule has 3 aromatic rings. The number of imidazole rings is 1. The molecule has 2 N–H and O–H groups in total. The number of piperidine rings is 2. The van der Waals surface area contributed by atoms with Crippen molar-refractivity contribution < 1.29 is 9.59 Å². The van der Waals surface area contributed by atoms with Gasteiger partial charge < -0.3 is 29.9 Å². The molecule has 2 amide bonds. The zero-order valence-electron chi connectivity index (χ0n) is 29.5. The van der Waals surface area contributed by atoms with E-state index >= 15 is 0 Å². The number of hydrogen-bond donors (Lipinski definition) is 2. The fourth-order valence-electron chi connectivity index (χ4n) is 9.55. The number of nitrogens with zero attached hydrogens (tertiary/aromatic N) is 6. The summed E-state index contributed by atoms with van der Waals surface area (Å²) in [5, 5.41) is 7.09. The quantitative estimate of drug-likeness (QED) is 0.352. The molecule has 2 aromatic heterocycles. The molecule has 1 spiro atoms. The number of nitrogens with one attached hydrogen (secondary N) is 2. The molecule has 2 atom stereocenters. The Morgan fingerprint density at radius 1 is 1.00 bits per heavy atom. The van der Waals surface area contributed by atoms with Gasteiger partial charge in [0.1, 0.15) is 5.52 Å². The topological polar surface area (TPSA) is 98.6 Å². The molecule has 2 saturated carbocycles. The SMILES string of the molecule is CC1CNCC1C(=O)N1CCC2(CC1)C(=O)N(C1CC(N3CCCCC3)C1)c1cc(-c3cc4ncn(C(C)C)c4c(NC4CC4)n3)ccc12. The highest BCUT2D eigenvalue weighted by Gasteiger charge is 2.56. The second-order valence-corrected chi connectivity index (χ2v) is 16.3. The van der Waals surface area contributed by atoms with E-state index in [0.717, 1.165) is 65.3 Å². The summed E-state index contributed by atoms with van der Waals surface area (Å²) in [6.45, 7) is 11.8. The summed E-state index contributed by atoms with van der Waals surface area (Å²) >= 11 is 0. The van der Waals surface area contributed by atoms with Crippen LogP contribution in [-0.4, -0.2) is 93.5 Å². The molecule has 9 rings (SSSR count). The Bertz CT molecular complexity index is 1760. The molecule has 2 unspecified atom stereocenters. The molecule has 0 radical (unpaired) electrons. The number of pyridine rings is 1. The van der Waals surface area contributed by atoms with Gasteiger partial charge in [-0.15, -0.1) is 0 Å². The molecule has 4 aliphatic heterocycles. The number of rotatable bonds is 7. The van der Waals surface area contributed by atoms with Crippen LogP contribution in [0.4, 0.5) is 11.5 Å². The maximum Gasteiger partial charge on any atom is 0.238 e. The van der Waals surface area contributed by atoms with Crippen molar-refractivity contribution in [1.29, 1.82) is 0 Å². The third kappa shape index (κ3) is 5.27. The monoisotopic (exact) mass is 664 g/mol. The van der Waals surface area contributed by atoms with Gasteiger partial charge in [-0.1, -0.05) is 25.5 Å². The highest BCUT2D eigenvalue weighted by Crippen LogP contribution is 2.52. The largest absolute Gasteiger partial charge is 0.366 e. The molecule has 10 heteroatoms. The minimum absolute atomic E-state index is 0.0393. The highest BCUT2D eigenvalue weighted by molar-refractivity contribution is 6.09. The smallest absolute Gasteiger partial charge is 0.238 e. The van der Waals surface area contributed by atoms with Gasteiger partial charge in [0.25, 0.3) is 0 Å². The maximum absolute atomic E-state index is 14.9. The van der Waals surface area contributed by atoms with Crippen molar-refractivity contribution in [3.63, 3.8) is 0 Å². The number of hydrogen-bond acceptors (Lipinski definition) is 7. The number of likely N-dealkylation sites (tertiary alicyclic amines) is 2. The Kier molecular flexibility index (Phi) is 7.76. The first kappa shape index (κ1) is 31.5. The number of carbonyl (C=O) groups is 2. The predicted octanol–water partition coefficient (Wildman–Crippen LogP) is 5.33. The van der Waals surface area contributed by atoms with E-state index in [2.05, 4.69) is 70.0 Å². The van der Waals surface area contributed by atoms with Gasteiger partial charge in [-0.25, -0.2) is 9.97 Å². The Morgan fingerprint density at radius 3 is 2.47 bits per heavy atom. The molecule has 10 nitrogen and oxygen atoms in total. The van der Waals surface area contributed by atoms with Crippen LogP contribution in [-0.2, 0) is 15.0 Å². The van der Waals surface area contributed by atoms with E-state index in [0.29, 0.717) is 43.9 Å².